The van der Waals surface area contributed by atoms with E-state index in [-0.39, 0.29) is 0 Å². The maximum Gasteiger partial charge on any atom is 0.0210 e. The highest BCUT2D eigenvalue weighted by Crippen LogP contribution is 2.62. The molecule has 4 rings (SSSR count). The highest BCUT2D eigenvalue weighted by Gasteiger charge is 2.57. The fourth-order valence-electron chi connectivity index (χ4n) is 3.64. The molecule has 1 N–H and O–H groups in total. The maximum atomic E-state index is 3.70. The second-order valence-electron chi connectivity index (χ2n) is 6.01. The lowest BCUT2D eigenvalue weighted by molar-refractivity contribution is 0.546. The minimum atomic E-state index is 0.557. The van der Waals surface area contributed by atoms with Crippen molar-refractivity contribution in [3.05, 3.63) is 33.8 Å². The van der Waals surface area contributed by atoms with Crippen LogP contribution in [0.3, 0.4) is 0 Å². The standard InChI is InChI=1S/C15H18BrN/c16-14-3-1-2-13-12(14)6-7-15(13)8-10(15)9-17-11-4-5-11/h1-3,10-11,17H,4-9H2. The average Bonchev–Trinajstić information content (AvgIpc) is 3.18. The van der Waals surface area contributed by atoms with Gasteiger partial charge in [-0.2, -0.15) is 0 Å². The molecule has 0 radical (unpaired) electrons. The van der Waals surface area contributed by atoms with E-state index in [0.29, 0.717) is 5.41 Å². The highest BCUT2D eigenvalue weighted by atomic mass is 79.9. The zero-order valence-corrected chi connectivity index (χ0v) is 11.6. The van der Waals surface area contributed by atoms with Gasteiger partial charge in [0.1, 0.15) is 0 Å². The lowest BCUT2D eigenvalue weighted by Gasteiger charge is -2.12. The summed E-state index contributed by atoms with van der Waals surface area (Å²) in [6.07, 6.45) is 6.87. The maximum absolute atomic E-state index is 3.70. The Bertz CT molecular complexity index is 466. The molecule has 2 fully saturated rings. The first-order chi connectivity index (χ1) is 8.29. The van der Waals surface area contributed by atoms with Crippen LogP contribution in [0.1, 0.15) is 36.8 Å². The number of hydrogen-bond acceptors (Lipinski definition) is 1. The number of benzene rings is 1. The Morgan fingerprint density at radius 1 is 1.35 bits per heavy atom. The molecule has 3 aliphatic carbocycles. The zero-order chi connectivity index (χ0) is 11.5. The molecule has 0 heterocycles. The Kier molecular flexibility index (Phi) is 2.23. The quantitative estimate of drug-likeness (QED) is 0.900. The van der Waals surface area contributed by atoms with E-state index >= 15 is 0 Å². The van der Waals surface area contributed by atoms with E-state index in [1.54, 1.807) is 11.1 Å². The molecule has 1 nitrogen and oxygen atoms in total. The smallest absolute Gasteiger partial charge is 0.0210 e. The van der Waals surface area contributed by atoms with Gasteiger partial charge in [-0.1, -0.05) is 28.1 Å². The van der Waals surface area contributed by atoms with Gasteiger partial charge in [0.2, 0.25) is 0 Å². The zero-order valence-electron chi connectivity index (χ0n) is 10.0. The molecule has 0 bridgehead atoms. The van der Waals surface area contributed by atoms with Gasteiger partial charge in [0.15, 0.2) is 0 Å². The second-order valence-corrected chi connectivity index (χ2v) is 6.86. The van der Waals surface area contributed by atoms with Gasteiger partial charge in [0, 0.05) is 15.9 Å². The molecule has 1 spiro atoms. The number of rotatable bonds is 3. The Labute approximate surface area is 111 Å². The Balaban J connectivity index is 1.56. The summed E-state index contributed by atoms with van der Waals surface area (Å²) >= 11 is 3.70. The Morgan fingerprint density at radius 3 is 3.06 bits per heavy atom. The predicted molar refractivity (Wildman–Crippen MR) is 73.3 cm³/mol. The van der Waals surface area contributed by atoms with E-state index in [1.165, 1.54) is 43.1 Å². The first-order valence-corrected chi connectivity index (χ1v) is 7.60. The fourth-order valence-corrected chi connectivity index (χ4v) is 4.21. The van der Waals surface area contributed by atoms with Gasteiger partial charge < -0.3 is 5.32 Å². The van der Waals surface area contributed by atoms with E-state index in [2.05, 4.69) is 39.4 Å². The van der Waals surface area contributed by atoms with Crippen molar-refractivity contribution in [2.24, 2.45) is 5.92 Å². The number of fused-ring (bicyclic) bond motifs is 2. The average molecular weight is 292 g/mol. The third-order valence-electron chi connectivity index (χ3n) is 4.94. The molecule has 2 saturated carbocycles. The topological polar surface area (TPSA) is 12.0 Å². The SMILES string of the molecule is Brc1cccc2c1CCC21CC1CNC1CC1. The van der Waals surface area contributed by atoms with Crippen LogP contribution in [0.25, 0.3) is 0 Å². The van der Waals surface area contributed by atoms with Crippen LogP contribution >= 0.6 is 15.9 Å². The normalized spacial score (nSPS) is 34.1. The molecular weight excluding hydrogens is 274 g/mol. The van der Waals surface area contributed by atoms with Crippen LogP contribution in [0.4, 0.5) is 0 Å². The molecule has 90 valence electrons. The summed E-state index contributed by atoms with van der Waals surface area (Å²) in [5.41, 5.74) is 3.79. The molecule has 1 aromatic carbocycles. The van der Waals surface area contributed by atoms with Crippen LogP contribution in [0.2, 0.25) is 0 Å². The highest BCUT2D eigenvalue weighted by molar-refractivity contribution is 9.10. The summed E-state index contributed by atoms with van der Waals surface area (Å²) in [4.78, 5) is 0. The molecule has 2 unspecified atom stereocenters. The van der Waals surface area contributed by atoms with E-state index in [4.69, 9.17) is 0 Å². The van der Waals surface area contributed by atoms with Crippen molar-refractivity contribution in [3.8, 4) is 0 Å². The third-order valence-corrected chi connectivity index (χ3v) is 5.68. The van der Waals surface area contributed by atoms with Gasteiger partial charge in [0.25, 0.3) is 0 Å². The minimum absolute atomic E-state index is 0.557. The van der Waals surface area contributed by atoms with Crippen LogP contribution in [0.15, 0.2) is 22.7 Å². The third kappa shape index (κ3) is 1.61. The summed E-state index contributed by atoms with van der Waals surface area (Å²) in [6.45, 7) is 1.25. The molecule has 0 saturated heterocycles. The van der Waals surface area contributed by atoms with E-state index in [9.17, 15) is 0 Å². The van der Waals surface area contributed by atoms with Crippen LogP contribution in [-0.4, -0.2) is 12.6 Å². The van der Waals surface area contributed by atoms with Gasteiger partial charge >= 0.3 is 0 Å². The largest absolute Gasteiger partial charge is 0.314 e. The van der Waals surface area contributed by atoms with Crippen molar-refractivity contribution in [2.75, 3.05) is 6.54 Å². The molecule has 2 atom stereocenters. The number of nitrogens with one attached hydrogen (secondary N) is 1. The molecule has 0 amide bonds. The van der Waals surface area contributed by atoms with Gasteiger partial charge in [-0.15, -0.1) is 0 Å². The van der Waals surface area contributed by atoms with Crippen LogP contribution < -0.4 is 5.32 Å². The fraction of sp³-hybridized carbons (Fsp3) is 0.600. The molecule has 3 aliphatic rings. The summed E-state index contributed by atoms with van der Waals surface area (Å²) in [5, 5.41) is 3.70. The number of hydrogen-bond donors (Lipinski definition) is 1. The van der Waals surface area contributed by atoms with Gasteiger partial charge in [0.05, 0.1) is 0 Å². The van der Waals surface area contributed by atoms with E-state index < -0.39 is 0 Å². The van der Waals surface area contributed by atoms with Crippen molar-refractivity contribution >= 4 is 15.9 Å². The predicted octanol–water partition coefficient (Wildman–Crippen LogP) is 3.41. The summed E-state index contributed by atoms with van der Waals surface area (Å²) in [5.74, 6) is 0.902. The molecular formula is C15H18BrN. The Morgan fingerprint density at radius 2 is 2.24 bits per heavy atom. The van der Waals surface area contributed by atoms with Crippen LogP contribution in [0.5, 0.6) is 0 Å². The van der Waals surface area contributed by atoms with Gasteiger partial charge in [-0.25, -0.2) is 0 Å². The first-order valence-electron chi connectivity index (χ1n) is 6.81. The van der Waals surface area contributed by atoms with Crippen molar-refractivity contribution < 1.29 is 0 Å². The monoisotopic (exact) mass is 291 g/mol. The summed E-state index contributed by atoms with van der Waals surface area (Å²) in [6, 6.07) is 7.62. The van der Waals surface area contributed by atoms with Crippen molar-refractivity contribution in [1.29, 1.82) is 0 Å². The van der Waals surface area contributed by atoms with Crippen LogP contribution in [-0.2, 0) is 11.8 Å². The first kappa shape index (κ1) is 10.6. The second kappa shape index (κ2) is 3.58. The number of halogens is 1. The van der Waals surface area contributed by atoms with E-state index in [0.717, 1.165) is 12.0 Å². The molecule has 1 aromatic rings. The summed E-state index contributed by atoms with van der Waals surface area (Å²) in [7, 11) is 0. The van der Waals surface area contributed by atoms with Gasteiger partial charge in [-0.05, 0) is 61.8 Å². The lowest BCUT2D eigenvalue weighted by atomic mass is 9.95. The lowest BCUT2D eigenvalue weighted by Crippen LogP contribution is -2.22. The van der Waals surface area contributed by atoms with Crippen molar-refractivity contribution in [2.45, 2.75) is 43.6 Å². The summed E-state index contributed by atoms with van der Waals surface area (Å²) < 4.78 is 1.33. The molecule has 0 aromatic heterocycles. The van der Waals surface area contributed by atoms with Crippen molar-refractivity contribution in [3.63, 3.8) is 0 Å². The van der Waals surface area contributed by atoms with Gasteiger partial charge in [-0.3, -0.25) is 0 Å². The Hall–Kier alpha value is -0.340. The van der Waals surface area contributed by atoms with Crippen LogP contribution in [0, 0.1) is 5.92 Å². The van der Waals surface area contributed by atoms with E-state index in [1.807, 2.05) is 0 Å². The molecule has 0 aliphatic heterocycles. The molecule has 17 heavy (non-hydrogen) atoms. The van der Waals surface area contributed by atoms with Crippen molar-refractivity contribution in [1.82, 2.24) is 5.32 Å². The molecule has 2 heteroatoms. The minimum Gasteiger partial charge on any atom is -0.314 e.